The van der Waals surface area contributed by atoms with Gasteiger partial charge in [0, 0.05) is 10.9 Å². The predicted molar refractivity (Wildman–Crippen MR) is 91.6 cm³/mol. The molecule has 3 aromatic rings. The number of halogens is 4. The smallest absolute Gasteiger partial charge is 0.354 e. The van der Waals surface area contributed by atoms with Gasteiger partial charge in [-0.1, -0.05) is 30.3 Å². The van der Waals surface area contributed by atoms with Crippen LogP contribution in [0.4, 0.5) is 13.2 Å². The van der Waals surface area contributed by atoms with Crippen molar-refractivity contribution >= 4 is 38.6 Å². The molecule has 2 aromatic carbocycles. The van der Waals surface area contributed by atoms with E-state index in [0.29, 0.717) is 5.56 Å². The second-order valence-electron chi connectivity index (χ2n) is 5.41. The Morgan fingerprint density at radius 3 is 2.35 bits per heavy atom. The second-order valence-corrected chi connectivity index (χ2v) is 6.21. The van der Waals surface area contributed by atoms with Crippen LogP contribution in [0.2, 0.25) is 0 Å². The van der Waals surface area contributed by atoms with Gasteiger partial charge in [0.25, 0.3) is 0 Å². The van der Waals surface area contributed by atoms with Gasteiger partial charge in [0.15, 0.2) is 17.4 Å². The summed E-state index contributed by atoms with van der Waals surface area (Å²) in [5.74, 6) is -5.26. The lowest BCUT2D eigenvalue weighted by Crippen LogP contribution is -2.17. The summed E-state index contributed by atoms with van der Waals surface area (Å²) in [5, 5.41) is -0.336. The van der Waals surface area contributed by atoms with Crippen molar-refractivity contribution in [1.82, 2.24) is 4.57 Å². The molecule has 0 saturated carbocycles. The second kappa shape index (κ2) is 6.95. The number of hydrogen-bond donors (Lipinski definition) is 0. The van der Waals surface area contributed by atoms with Crippen molar-refractivity contribution in [3.05, 3.63) is 69.6 Å². The first-order valence-corrected chi connectivity index (χ1v) is 8.17. The third-order valence-electron chi connectivity index (χ3n) is 3.91. The number of ether oxygens (including phenoxy) is 1. The summed E-state index contributed by atoms with van der Waals surface area (Å²) >= 11 is 2.64. The van der Waals surface area contributed by atoms with Gasteiger partial charge in [-0.3, -0.25) is 4.79 Å². The van der Waals surface area contributed by atoms with E-state index in [1.165, 1.54) is 0 Å². The number of rotatable bonds is 4. The lowest BCUT2D eigenvalue weighted by Gasteiger charge is -2.10. The molecule has 3 rings (SSSR count). The van der Waals surface area contributed by atoms with Gasteiger partial charge in [-0.25, -0.2) is 18.0 Å². The highest BCUT2D eigenvalue weighted by Gasteiger charge is 2.27. The average Bonchev–Trinajstić information content (AvgIpc) is 3.04. The van der Waals surface area contributed by atoms with E-state index in [-0.39, 0.29) is 11.1 Å². The third-order valence-corrected chi connectivity index (χ3v) is 4.61. The Balaban J connectivity index is 2.25. The highest BCUT2D eigenvalue weighted by molar-refractivity contribution is 9.10. The van der Waals surface area contributed by atoms with E-state index < -0.39 is 45.7 Å². The molecule has 134 valence electrons. The van der Waals surface area contributed by atoms with Crippen LogP contribution in [0.25, 0.3) is 10.9 Å². The molecule has 0 N–H and O–H groups in total. The van der Waals surface area contributed by atoms with Crippen LogP contribution in [0.5, 0.6) is 0 Å². The first kappa shape index (κ1) is 18.2. The van der Waals surface area contributed by atoms with Crippen molar-refractivity contribution < 1.29 is 27.5 Å². The Hall–Kier alpha value is -2.61. The summed E-state index contributed by atoms with van der Waals surface area (Å²) in [7, 11) is 1.09. The van der Waals surface area contributed by atoms with Crippen LogP contribution in [0.15, 0.2) is 40.9 Å². The summed E-state index contributed by atoms with van der Waals surface area (Å²) < 4.78 is 47.7. The van der Waals surface area contributed by atoms with E-state index in [2.05, 4.69) is 20.7 Å². The molecule has 0 saturated heterocycles. The minimum Gasteiger partial charge on any atom is -0.464 e. The van der Waals surface area contributed by atoms with Crippen LogP contribution in [-0.4, -0.2) is 23.4 Å². The number of fused-ring (bicyclic) bond motifs is 1. The van der Waals surface area contributed by atoms with Crippen molar-refractivity contribution in [2.45, 2.75) is 6.54 Å². The number of benzene rings is 2. The third kappa shape index (κ3) is 2.90. The Kier molecular flexibility index (Phi) is 4.86. The summed E-state index contributed by atoms with van der Waals surface area (Å²) in [4.78, 5) is 24.5. The number of methoxy groups -OCH3 is 1. The molecule has 8 heteroatoms. The zero-order valence-corrected chi connectivity index (χ0v) is 14.9. The van der Waals surface area contributed by atoms with E-state index in [1.807, 2.05) is 0 Å². The Morgan fingerprint density at radius 1 is 1.08 bits per heavy atom. The van der Waals surface area contributed by atoms with Crippen molar-refractivity contribution in [2.24, 2.45) is 0 Å². The summed E-state index contributed by atoms with van der Waals surface area (Å²) in [6, 6.07) is 9.10. The molecular weight excluding hydrogens is 415 g/mol. The Bertz CT molecular complexity index is 1030. The maximum absolute atomic E-state index is 14.5. The van der Waals surface area contributed by atoms with E-state index in [4.69, 9.17) is 0 Å². The molecule has 0 amide bonds. The minimum atomic E-state index is -1.45. The molecule has 0 aliphatic rings. The number of ketones is 1. The molecule has 0 aliphatic heterocycles. The van der Waals surface area contributed by atoms with Gasteiger partial charge in [0.2, 0.25) is 0 Å². The average molecular weight is 426 g/mol. The predicted octanol–water partition coefficient (Wildman–Crippen LogP) is 4.49. The summed E-state index contributed by atoms with van der Waals surface area (Å²) in [6.45, 7) is -0.491. The van der Waals surface area contributed by atoms with Crippen LogP contribution in [0.3, 0.4) is 0 Å². The first-order chi connectivity index (χ1) is 12.4. The summed E-state index contributed by atoms with van der Waals surface area (Å²) in [6.07, 6.45) is 0. The van der Waals surface area contributed by atoms with Gasteiger partial charge in [0.05, 0.1) is 23.6 Å². The van der Waals surface area contributed by atoms with Crippen LogP contribution in [-0.2, 0) is 11.3 Å². The largest absolute Gasteiger partial charge is 0.464 e. The molecular formula is C18H11BrF3NO3. The first-order valence-electron chi connectivity index (χ1n) is 7.38. The van der Waals surface area contributed by atoms with Crippen LogP contribution >= 0.6 is 15.9 Å². The normalized spacial score (nSPS) is 11.0. The molecule has 0 fully saturated rings. The van der Waals surface area contributed by atoms with Crippen LogP contribution in [0.1, 0.15) is 20.8 Å². The molecule has 1 heterocycles. The van der Waals surface area contributed by atoms with Gasteiger partial charge in [-0.05, 0) is 22.0 Å². The standard InChI is InChI=1S/C18H11BrF3NO3/c1-26-18(25)11-7-10-14(20)13(19)15(21)16(22)17(10)23(11)8-12(24)9-5-3-2-4-6-9/h2-7H,8H2,1H3. The van der Waals surface area contributed by atoms with Gasteiger partial charge < -0.3 is 9.30 Å². The minimum absolute atomic E-state index is 0.262. The SMILES string of the molecule is COC(=O)c1cc2c(F)c(Br)c(F)c(F)c2n1CC(=O)c1ccccc1. The van der Waals surface area contributed by atoms with Gasteiger partial charge in [0.1, 0.15) is 11.5 Å². The highest BCUT2D eigenvalue weighted by Crippen LogP contribution is 2.33. The van der Waals surface area contributed by atoms with Crippen molar-refractivity contribution in [3.63, 3.8) is 0 Å². The zero-order valence-electron chi connectivity index (χ0n) is 13.4. The van der Waals surface area contributed by atoms with Gasteiger partial charge in [-0.15, -0.1) is 0 Å². The number of carbonyl (C=O) groups is 2. The Morgan fingerprint density at radius 2 is 1.73 bits per heavy atom. The molecule has 0 radical (unpaired) electrons. The lowest BCUT2D eigenvalue weighted by atomic mass is 10.1. The van der Waals surface area contributed by atoms with Crippen LogP contribution < -0.4 is 0 Å². The molecule has 0 bridgehead atoms. The van der Waals surface area contributed by atoms with Gasteiger partial charge >= 0.3 is 5.97 Å². The fraction of sp³-hybridized carbons (Fsp3) is 0.111. The molecule has 0 atom stereocenters. The maximum Gasteiger partial charge on any atom is 0.354 e. The quantitative estimate of drug-likeness (QED) is 0.267. The molecule has 0 aliphatic carbocycles. The maximum atomic E-state index is 14.5. The molecule has 0 unspecified atom stereocenters. The summed E-state index contributed by atoms with van der Waals surface area (Å²) in [5.41, 5.74) is -0.474. The van der Waals surface area contributed by atoms with E-state index >= 15 is 0 Å². The lowest BCUT2D eigenvalue weighted by molar-refractivity contribution is 0.0589. The number of esters is 1. The van der Waals surface area contributed by atoms with E-state index in [9.17, 15) is 22.8 Å². The number of nitrogens with zero attached hydrogens (tertiary/aromatic N) is 1. The topological polar surface area (TPSA) is 48.3 Å². The monoisotopic (exact) mass is 425 g/mol. The Labute approximate surface area is 154 Å². The van der Waals surface area contributed by atoms with Crippen LogP contribution in [0, 0.1) is 17.5 Å². The molecule has 26 heavy (non-hydrogen) atoms. The molecule has 0 spiro atoms. The van der Waals surface area contributed by atoms with Crippen molar-refractivity contribution in [2.75, 3.05) is 7.11 Å². The van der Waals surface area contributed by atoms with Crippen molar-refractivity contribution in [3.8, 4) is 0 Å². The highest BCUT2D eigenvalue weighted by atomic mass is 79.9. The number of hydrogen-bond acceptors (Lipinski definition) is 3. The molecule has 4 nitrogen and oxygen atoms in total. The van der Waals surface area contributed by atoms with E-state index in [1.54, 1.807) is 30.3 Å². The fourth-order valence-corrected chi connectivity index (χ4v) is 3.05. The zero-order chi connectivity index (χ0) is 19.0. The number of Topliss-reactive ketones (excluding diaryl/α,β-unsaturated/α-hetero) is 1. The number of carbonyl (C=O) groups excluding carboxylic acids is 2. The van der Waals surface area contributed by atoms with Crippen molar-refractivity contribution in [1.29, 1.82) is 0 Å². The van der Waals surface area contributed by atoms with E-state index in [0.717, 1.165) is 17.7 Å². The number of aromatic nitrogens is 1. The van der Waals surface area contributed by atoms with Gasteiger partial charge in [-0.2, -0.15) is 0 Å². The molecule has 1 aromatic heterocycles. The fourth-order valence-electron chi connectivity index (χ4n) is 2.66.